The summed E-state index contributed by atoms with van der Waals surface area (Å²) in [6.07, 6.45) is 8.73. The lowest BCUT2D eigenvalue weighted by atomic mass is 9.67. The number of hydrogen-bond donors (Lipinski definition) is 1. The van der Waals surface area contributed by atoms with Gasteiger partial charge in [0.1, 0.15) is 11.8 Å². The van der Waals surface area contributed by atoms with Crippen LogP contribution in [-0.2, 0) is 0 Å². The summed E-state index contributed by atoms with van der Waals surface area (Å²) in [6.45, 7) is 0.618. The molecule has 1 aromatic heterocycles. The number of nitriles is 1. The topological polar surface area (TPSA) is 77.2 Å². The predicted octanol–water partition coefficient (Wildman–Crippen LogP) is 2.50. The molecule has 0 aromatic carbocycles. The van der Waals surface area contributed by atoms with Gasteiger partial charge in [0, 0.05) is 24.7 Å². The number of hydrogen-bond acceptors (Lipinski definition) is 4. The summed E-state index contributed by atoms with van der Waals surface area (Å²) < 4.78 is 0. The van der Waals surface area contributed by atoms with E-state index in [9.17, 15) is 9.90 Å². The number of aromatic nitrogens is 1. The lowest BCUT2D eigenvalue weighted by Gasteiger charge is -2.52. The first-order valence-corrected chi connectivity index (χ1v) is 9.03. The number of fused-ring (bicyclic) bond motifs is 1. The number of amides is 1. The van der Waals surface area contributed by atoms with Crippen molar-refractivity contribution in [3.8, 4) is 6.07 Å². The number of pyridine rings is 1. The smallest absolute Gasteiger partial charge is 0.255 e. The van der Waals surface area contributed by atoms with Gasteiger partial charge in [-0.1, -0.05) is 12.8 Å². The second kappa shape index (κ2) is 5.86. The molecule has 1 saturated heterocycles. The monoisotopic (exact) mass is 325 g/mol. The highest BCUT2D eigenvalue weighted by atomic mass is 16.3. The molecule has 0 radical (unpaired) electrons. The van der Waals surface area contributed by atoms with E-state index in [4.69, 9.17) is 5.26 Å². The van der Waals surface area contributed by atoms with Crippen molar-refractivity contribution in [2.24, 2.45) is 11.8 Å². The summed E-state index contributed by atoms with van der Waals surface area (Å²) in [7, 11) is 0. The van der Waals surface area contributed by atoms with Gasteiger partial charge in [0.25, 0.3) is 5.91 Å². The Morgan fingerprint density at radius 1 is 1.29 bits per heavy atom. The van der Waals surface area contributed by atoms with Crippen LogP contribution in [0.4, 0.5) is 0 Å². The predicted molar refractivity (Wildman–Crippen MR) is 88.0 cm³/mol. The standard InChI is InChI=1S/C19H23N3O2/c20-11-15-8-5-13(12-21-15)18(23)22-10-9-19(24,14-6-7-14)16-3-1-2-4-17(16)22/h5,8,12,14,16-17,24H,1-4,6-7,9-10H2/t16-,17+,19-/m0/s1. The quantitative estimate of drug-likeness (QED) is 0.906. The van der Waals surface area contributed by atoms with Crippen LogP contribution in [0.5, 0.6) is 0 Å². The maximum Gasteiger partial charge on any atom is 0.255 e. The molecule has 24 heavy (non-hydrogen) atoms. The molecule has 3 fully saturated rings. The number of carbonyl (C=O) groups excluding carboxylic acids is 1. The third-order valence-corrected chi connectivity index (χ3v) is 6.20. The van der Waals surface area contributed by atoms with Gasteiger partial charge in [0.15, 0.2) is 0 Å². The lowest BCUT2D eigenvalue weighted by Crippen LogP contribution is -2.61. The Bertz CT molecular complexity index is 677. The van der Waals surface area contributed by atoms with Crippen LogP contribution in [0, 0.1) is 23.2 Å². The minimum Gasteiger partial charge on any atom is -0.389 e. The molecule has 0 unspecified atom stereocenters. The second-order valence-electron chi connectivity index (χ2n) is 7.52. The SMILES string of the molecule is N#Cc1ccc(C(=O)N2CC[C@](O)(C3CC3)[C@H]3CCCC[C@H]32)cn1. The molecule has 1 N–H and O–H groups in total. The Kier molecular flexibility index (Phi) is 3.80. The number of likely N-dealkylation sites (tertiary alicyclic amines) is 1. The number of piperidine rings is 1. The second-order valence-corrected chi connectivity index (χ2v) is 7.52. The van der Waals surface area contributed by atoms with Gasteiger partial charge in [-0.25, -0.2) is 4.98 Å². The van der Waals surface area contributed by atoms with E-state index in [1.54, 1.807) is 12.1 Å². The van der Waals surface area contributed by atoms with E-state index < -0.39 is 5.60 Å². The number of aliphatic hydroxyl groups is 1. The zero-order valence-corrected chi connectivity index (χ0v) is 13.8. The van der Waals surface area contributed by atoms with Gasteiger partial charge in [-0.3, -0.25) is 4.79 Å². The molecule has 4 rings (SSSR count). The molecule has 2 saturated carbocycles. The van der Waals surface area contributed by atoms with E-state index in [0.29, 0.717) is 30.1 Å². The lowest BCUT2D eigenvalue weighted by molar-refractivity contribution is -0.118. The summed E-state index contributed by atoms with van der Waals surface area (Å²) in [5.41, 5.74) is 0.296. The molecule has 3 aliphatic rings. The minimum atomic E-state index is -0.565. The fourth-order valence-electron chi connectivity index (χ4n) is 4.81. The molecular weight excluding hydrogens is 302 g/mol. The Balaban J connectivity index is 1.58. The highest BCUT2D eigenvalue weighted by Crippen LogP contribution is 2.52. The van der Waals surface area contributed by atoms with Crippen LogP contribution in [0.3, 0.4) is 0 Å². The zero-order chi connectivity index (χ0) is 16.7. The first kappa shape index (κ1) is 15.6. The van der Waals surface area contributed by atoms with Gasteiger partial charge in [-0.05, 0) is 50.2 Å². The summed E-state index contributed by atoms with van der Waals surface area (Å²) in [4.78, 5) is 19.0. The van der Waals surface area contributed by atoms with E-state index in [-0.39, 0.29) is 17.9 Å². The maximum atomic E-state index is 13.0. The molecule has 2 heterocycles. The van der Waals surface area contributed by atoms with E-state index in [0.717, 1.165) is 38.5 Å². The average molecular weight is 325 g/mol. The van der Waals surface area contributed by atoms with Crippen LogP contribution in [0.25, 0.3) is 0 Å². The van der Waals surface area contributed by atoms with Gasteiger partial charge in [-0.2, -0.15) is 5.26 Å². The van der Waals surface area contributed by atoms with Crippen LogP contribution >= 0.6 is 0 Å². The normalized spacial score (nSPS) is 32.8. The molecule has 126 valence electrons. The van der Waals surface area contributed by atoms with Gasteiger partial charge >= 0.3 is 0 Å². The van der Waals surface area contributed by atoms with Crippen LogP contribution in [0.1, 0.15) is 61.0 Å². The summed E-state index contributed by atoms with van der Waals surface area (Å²) >= 11 is 0. The van der Waals surface area contributed by atoms with Crippen LogP contribution in [0.2, 0.25) is 0 Å². The van der Waals surface area contributed by atoms with Crippen molar-refractivity contribution in [1.29, 1.82) is 5.26 Å². The van der Waals surface area contributed by atoms with Crippen LogP contribution in [-0.4, -0.2) is 39.1 Å². The molecule has 0 bridgehead atoms. The van der Waals surface area contributed by atoms with Crippen LogP contribution < -0.4 is 0 Å². The van der Waals surface area contributed by atoms with Gasteiger partial charge in [0.05, 0.1) is 11.2 Å². The molecular formula is C19H23N3O2. The zero-order valence-electron chi connectivity index (χ0n) is 13.8. The largest absolute Gasteiger partial charge is 0.389 e. The maximum absolute atomic E-state index is 13.0. The number of rotatable bonds is 2. The Morgan fingerprint density at radius 3 is 2.75 bits per heavy atom. The number of carbonyl (C=O) groups is 1. The van der Waals surface area contributed by atoms with Crippen molar-refractivity contribution in [3.05, 3.63) is 29.6 Å². The van der Waals surface area contributed by atoms with Crippen LogP contribution in [0.15, 0.2) is 18.3 Å². The fraction of sp³-hybridized carbons (Fsp3) is 0.632. The van der Waals surface area contributed by atoms with Gasteiger partial charge in [0.2, 0.25) is 0 Å². The van der Waals surface area contributed by atoms with Gasteiger partial charge < -0.3 is 10.0 Å². The molecule has 2 aliphatic carbocycles. The third-order valence-electron chi connectivity index (χ3n) is 6.20. The molecule has 0 spiro atoms. The van der Waals surface area contributed by atoms with Crippen molar-refractivity contribution in [2.75, 3.05) is 6.54 Å². The summed E-state index contributed by atoms with van der Waals surface area (Å²) in [6, 6.07) is 5.40. The Hall–Kier alpha value is -1.93. The molecule has 1 aliphatic heterocycles. The minimum absolute atomic E-state index is 0.0123. The van der Waals surface area contributed by atoms with E-state index >= 15 is 0 Å². The molecule has 5 heteroatoms. The van der Waals surface area contributed by atoms with Crippen molar-refractivity contribution >= 4 is 5.91 Å². The van der Waals surface area contributed by atoms with E-state index in [1.807, 2.05) is 11.0 Å². The first-order valence-electron chi connectivity index (χ1n) is 9.03. The van der Waals surface area contributed by atoms with Crippen molar-refractivity contribution in [3.63, 3.8) is 0 Å². The average Bonchev–Trinajstić information content (AvgIpc) is 3.47. The number of nitrogens with zero attached hydrogens (tertiary/aromatic N) is 3. The Morgan fingerprint density at radius 2 is 2.08 bits per heavy atom. The molecule has 3 atom stereocenters. The molecule has 1 amide bonds. The highest BCUT2D eigenvalue weighted by Gasteiger charge is 2.55. The fourth-order valence-corrected chi connectivity index (χ4v) is 4.81. The van der Waals surface area contributed by atoms with Crippen molar-refractivity contribution in [2.45, 2.75) is 56.6 Å². The molecule has 5 nitrogen and oxygen atoms in total. The molecule has 1 aromatic rings. The van der Waals surface area contributed by atoms with E-state index in [2.05, 4.69) is 4.98 Å². The summed E-state index contributed by atoms with van der Waals surface area (Å²) in [5.74, 6) is 0.640. The van der Waals surface area contributed by atoms with Crippen molar-refractivity contribution < 1.29 is 9.90 Å². The third kappa shape index (κ3) is 2.50. The first-order chi connectivity index (χ1) is 11.6. The highest BCUT2D eigenvalue weighted by molar-refractivity contribution is 5.94. The summed E-state index contributed by atoms with van der Waals surface area (Å²) in [5, 5.41) is 20.1. The van der Waals surface area contributed by atoms with E-state index in [1.165, 1.54) is 6.20 Å². The van der Waals surface area contributed by atoms with Gasteiger partial charge in [-0.15, -0.1) is 0 Å². The van der Waals surface area contributed by atoms with Crippen molar-refractivity contribution in [1.82, 2.24) is 9.88 Å². The Labute approximate surface area is 142 Å².